The summed E-state index contributed by atoms with van der Waals surface area (Å²) >= 11 is 0. The van der Waals surface area contributed by atoms with Crippen LogP contribution >= 0.6 is 0 Å². The molecule has 0 aliphatic rings. The van der Waals surface area contributed by atoms with Gasteiger partial charge in [-0.25, -0.2) is 9.18 Å². The average Bonchev–Trinajstić information content (AvgIpc) is 2.86. The SMILES string of the molecule is C#Cc1cccc2cccc(-c3ncc4c(N(CC)CC(CCC)NC)nc(=O)[nH]c4c3F)c12. The first-order chi connectivity index (χ1) is 16.5. The third-order valence-corrected chi connectivity index (χ3v) is 6.18. The molecule has 0 saturated heterocycles. The van der Waals surface area contributed by atoms with Gasteiger partial charge < -0.3 is 15.2 Å². The standard InChI is InChI=1S/C27H28FN5O/c1-5-10-19(29-4)16-33(7-3)26-21-15-30-24(23(28)25(21)31-27(34)32-26)20-14-9-13-18-12-8-11-17(6-2)22(18)20/h2,8-9,11-15,19,29H,5,7,10,16H2,1,3-4H3,(H,31,32,34). The zero-order valence-corrected chi connectivity index (χ0v) is 19.7. The van der Waals surface area contributed by atoms with E-state index in [0.29, 0.717) is 35.4 Å². The van der Waals surface area contributed by atoms with Crippen LogP contribution < -0.4 is 15.9 Å². The molecule has 1 atom stereocenters. The van der Waals surface area contributed by atoms with E-state index in [1.165, 1.54) is 0 Å². The Balaban J connectivity index is 1.91. The third kappa shape index (κ3) is 4.25. The van der Waals surface area contributed by atoms with Crippen LogP contribution in [0.25, 0.3) is 32.9 Å². The summed E-state index contributed by atoms with van der Waals surface area (Å²) in [5.41, 5.74) is 0.858. The van der Waals surface area contributed by atoms with E-state index in [9.17, 15) is 4.79 Å². The van der Waals surface area contributed by atoms with Crippen molar-refractivity contribution in [1.29, 1.82) is 0 Å². The number of nitrogens with zero attached hydrogens (tertiary/aromatic N) is 3. The van der Waals surface area contributed by atoms with Gasteiger partial charge in [0.25, 0.3) is 0 Å². The Kier molecular flexibility index (Phi) is 6.90. The lowest BCUT2D eigenvalue weighted by Crippen LogP contribution is -2.40. The van der Waals surface area contributed by atoms with E-state index in [-0.39, 0.29) is 17.3 Å². The number of benzene rings is 2. The van der Waals surface area contributed by atoms with E-state index in [1.54, 1.807) is 12.3 Å². The second kappa shape index (κ2) is 10.0. The molecule has 0 saturated carbocycles. The van der Waals surface area contributed by atoms with Crippen LogP contribution in [0.15, 0.2) is 47.4 Å². The fourth-order valence-electron chi connectivity index (χ4n) is 4.46. The molecule has 34 heavy (non-hydrogen) atoms. The predicted octanol–water partition coefficient (Wildman–Crippen LogP) is 4.47. The zero-order chi connectivity index (χ0) is 24.2. The second-order valence-electron chi connectivity index (χ2n) is 8.24. The Hall–Kier alpha value is -3.76. The van der Waals surface area contributed by atoms with Crippen molar-refractivity contribution in [2.45, 2.75) is 32.7 Å². The summed E-state index contributed by atoms with van der Waals surface area (Å²) in [5, 5.41) is 5.42. The number of hydrogen-bond acceptors (Lipinski definition) is 5. The molecule has 0 aliphatic heterocycles. The lowest BCUT2D eigenvalue weighted by atomic mass is 9.97. The number of anilines is 1. The molecule has 2 aromatic heterocycles. The summed E-state index contributed by atoms with van der Waals surface area (Å²) in [6.07, 6.45) is 9.31. The number of aromatic nitrogens is 3. The predicted molar refractivity (Wildman–Crippen MR) is 137 cm³/mol. The summed E-state index contributed by atoms with van der Waals surface area (Å²) in [6.45, 7) is 5.38. The number of likely N-dealkylation sites (N-methyl/N-ethyl adjacent to an activating group) is 2. The normalized spacial score (nSPS) is 12.1. The van der Waals surface area contributed by atoms with Crippen LogP contribution in [0.4, 0.5) is 10.2 Å². The van der Waals surface area contributed by atoms with Crippen molar-refractivity contribution < 1.29 is 4.39 Å². The van der Waals surface area contributed by atoms with Crippen LogP contribution in [0, 0.1) is 18.2 Å². The third-order valence-electron chi connectivity index (χ3n) is 6.18. The number of aromatic amines is 1. The van der Waals surface area contributed by atoms with Gasteiger partial charge in [0.15, 0.2) is 5.82 Å². The maximum absolute atomic E-state index is 16.0. The van der Waals surface area contributed by atoms with Gasteiger partial charge in [0.2, 0.25) is 0 Å². The molecule has 4 aromatic rings. The topological polar surface area (TPSA) is 73.9 Å². The fourth-order valence-corrected chi connectivity index (χ4v) is 4.46. The number of nitrogens with one attached hydrogen (secondary N) is 2. The first-order valence-corrected chi connectivity index (χ1v) is 11.5. The Labute approximate surface area is 198 Å². The highest BCUT2D eigenvalue weighted by Crippen LogP contribution is 2.34. The molecular formula is C27H28FN5O. The van der Waals surface area contributed by atoms with Crippen LogP contribution in [0.3, 0.4) is 0 Å². The molecule has 174 valence electrons. The Morgan fingerprint density at radius 3 is 2.68 bits per heavy atom. The molecule has 0 aliphatic carbocycles. The molecule has 0 spiro atoms. The van der Waals surface area contributed by atoms with Gasteiger partial charge in [0.1, 0.15) is 11.5 Å². The highest BCUT2D eigenvalue weighted by molar-refractivity contribution is 6.01. The summed E-state index contributed by atoms with van der Waals surface area (Å²) in [4.78, 5) is 25.8. The molecule has 2 heterocycles. The van der Waals surface area contributed by atoms with Crippen molar-refractivity contribution in [3.8, 4) is 23.6 Å². The summed E-state index contributed by atoms with van der Waals surface area (Å²) in [6, 6.07) is 11.4. The Morgan fingerprint density at radius 1 is 1.24 bits per heavy atom. The number of terminal acetylenes is 1. The van der Waals surface area contributed by atoms with Gasteiger partial charge in [0.05, 0.1) is 10.9 Å². The quantitative estimate of drug-likeness (QED) is 0.382. The van der Waals surface area contributed by atoms with E-state index < -0.39 is 11.5 Å². The van der Waals surface area contributed by atoms with Crippen LogP contribution in [0.1, 0.15) is 32.3 Å². The number of pyridine rings is 1. The molecule has 4 rings (SSSR count). The number of rotatable bonds is 8. The summed E-state index contributed by atoms with van der Waals surface area (Å²) in [5.74, 6) is 2.51. The first-order valence-electron chi connectivity index (χ1n) is 11.5. The first kappa shape index (κ1) is 23.4. The van der Waals surface area contributed by atoms with Gasteiger partial charge in [0, 0.05) is 41.8 Å². The lowest BCUT2D eigenvalue weighted by Gasteiger charge is -2.28. The molecule has 7 heteroatoms. The summed E-state index contributed by atoms with van der Waals surface area (Å²) < 4.78 is 16.0. The van der Waals surface area contributed by atoms with Crippen LogP contribution in [0.5, 0.6) is 0 Å². The van der Waals surface area contributed by atoms with E-state index in [4.69, 9.17) is 6.42 Å². The summed E-state index contributed by atoms with van der Waals surface area (Å²) in [7, 11) is 1.92. The number of H-pyrrole nitrogens is 1. The van der Waals surface area contributed by atoms with Crippen molar-refractivity contribution in [2.24, 2.45) is 0 Å². The zero-order valence-electron chi connectivity index (χ0n) is 19.7. The van der Waals surface area contributed by atoms with Crippen molar-refractivity contribution in [3.05, 3.63) is 64.5 Å². The fraction of sp³-hybridized carbons (Fsp3) is 0.296. The molecule has 0 amide bonds. The molecule has 0 bridgehead atoms. The molecular weight excluding hydrogens is 429 g/mol. The van der Waals surface area contributed by atoms with Crippen LogP contribution in [-0.4, -0.2) is 41.1 Å². The van der Waals surface area contributed by atoms with Gasteiger partial charge in [-0.15, -0.1) is 6.42 Å². The van der Waals surface area contributed by atoms with Crippen molar-refractivity contribution in [3.63, 3.8) is 0 Å². The smallest absolute Gasteiger partial charge is 0.347 e. The second-order valence-corrected chi connectivity index (χ2v) is 8.24. The van der Waals surface area contributed by atoms with Crippen LogP contribution in [0.2, 0.25) is 0 Å². The minimum absolute atomic E-state index is 0.0881. The van der Waals surface area contributed by atoms with Crippen molar-refractivity contribution >= 4 is 27.5 Å². The molecule has 0 radical (unpaired) electrons. The maximum atomic E-state index is 16.0. The van der Waals surface area contributed by atoms with Gasteiger partial charge >= 0.3 is 5.69 Å². The number of hydrogen-bond donors (Lipinski definition) is 2. The van der Waals surface area contributed by atoms with Gasteiger partial charge in [-0.05, 0) is 31.8 Å². The van der Waals surface area contributed by atoms with E-state index >= 15 is 4.39 Å². The minimum Gasteiger partial charge on any atom is -0.355 e. The van der Waals surface area contributed by atoms with E-state index in [1.807, 2.05) is 49.2 Å². The molecule has 6 nitrogen and oxygen atoms in total. The Bertz CT molecular complexity index is 1430. The lowest BCUT2D eigenvalue weighted by molar-refractivity contribution is 0.507. The van der Waals surface area contributed by atoms with E-state index in [0.717, 1.165) is 23.6 Å². The van der Waals surface area contributed by atoms with Crippen LogP contribution in [-0.2, 0) is 0 Å². The molecule has 1 unspecified atom stereocenters. The largest absolute Gasteiger partial charge is 0.355 e. The van der Waals surface area contributed by atoms with Gasteiger partial charge in [-0.3, -0.25) is 4.98 Å². The highest BCUT2D eigenvalue weighted by Gasteiger charge is 2.21. The monoisotopic (exact) mass is 457 g/mol. The average molecular weight is 458 g/mol. The number of halogens is 1. The molecule has 2 aromatic carbocycles. The molecule has 0 fully saturated rings. The van der Waals surface area contributed by atoms with Gasteiger partial charge in [-0.2, -0.15) is 4.98 Å². The molecule has 2 N–H and O–H groups in total. The maximum Gasteiger partial charge on any atom is 0.347 e. The van der Waals surface area contributed by atoms with Crippen molar-refractivity contribution in [2.75, 3.05) is 25.0 Å². The Morgan fingerprint density at radius 2 is 2.00 bits per heavy atom. The minimum atomic E-state index is -0.604. The van der Waals surface area contributed by atoms with E-state index in [2.05, 4.69) is 33.1 Å². The highest BCUT2D eigenvalue weighted by atomic mass is 19.1. The van der Waals surface area contributed by atoms with Crippen molar-refractivity contribution in [1.82, 2.24) is 20.3 Å². The van der Waals surface area contributed by atoms with Gasteiger partial charge in [-0.1, -0.05) is 49.6 Å². The number of fused-ring (bicyclic) bond motifs is 2.